The summed E-state index contributed by atoms with van der Waals surface area (Å²) in [5.41, 5.74) is 2.95. The fraction of sp³-hybridized carbons (Fsp3) is 0.273. The molecule has 148 valence electrons. The fourth-order valence-electron chi connectivity index (χ4n) is 3.48. The van der Waals surface area contributed by atoms with Gasteiger partial charge >= 0.3 is 0 Å². The molecule has 0 aliphatic carbocycles. The third-order valence-corrected chi connectivity index (χ3v) is 4.89. The molecule has 4 rings (SSSR count). The van der Waals surface area contributed by atoms with E-state index in [1.807, 2.05) is 43.3 Å². The topological polar surface area (TPSA) is 81.3 Å². The standard InChI is InChI=1S/C22H23N5O2/c1-14(2)13-26-18-8-4-5-9-19(18)27-20(22(26)29)11-17(25-27)21(28)24-15(3)16-7-6-10-23-12-16/h4-12,14-15H,13H2,1-3H3,(H,24,28)/t15-/m1/s1. The quantitative estimate of drug-likeness (QED) is 0.568. The molecule has 1 amide bonds. The summed E-state index contributed by atoms with van der Waals surface area (Å²) in [4.78, 5) is 30.0. The lowest BCUT2D eigenvalue weighted by molar-refractivity contribution is 0.0934. The molecule has 7 heteroatoms. The van der Waals surface area contributed by atoms with Crippen LogP contribution in [-0.2, 0) is 6.54 Å². The maximum atomic E-state index is 13.1. The number of hydrogen-bond donors (Lipinski definition) is 1. The summed E-state index contributed by atoms with van der Waals surface area (Å²) in [6.07, 6.45) is 3.40. The van der Waals surface area contributed by atoms with Crippen molar-refractivity contribution in [3.05, 3.63) is 76.5 Å². The van der Waals surface area contributed by atoms with E-state index in [1.165, 1.54) is 0 Å². The molecule has 4 aromatic rings. The molecule has 0 saturated heterocycles. The summed E-state index contributed by atoms with van der Waals surface area (Å²) in [6, 6.07) is 12.7. The smallest absolute Gasteiger partial charge is 0.277 e. The number of amides is 1. The van der Waals surface area contributed by atoms with E-state index in [2.05, 4.69) is 29.2 Å². The normalized spacial score (nSPS) is 12.6. The molecule has 0 unspecified atom stereocenters. The molecule has 1 aromatic carbocycles. The number of carbonyl (C=O) groups is 1. The minimum atomic E-state index is -0.330. The highest BCUT2D eigenvalue weighted by molar-refractivity contribution is 5.94. The molecule has 0 fully saturated rings. The number of nitrogens with zero attached hydrogens (tertiary/aromatic N) is 4. The summed E-state index contributed by atoms with van der Waals surface area (Å²) < 4.78 is 3.33. The van der Waals surface area contributed by atoms with Gasteiger partial charge in [0.15, 0.2) is 5.69 Å². The van der Waals surface area contributed by atoms with Crippen molar-refractivity contribution < 1.29 is 4.79 Å². The molecule has 3 heterocycles. The molecule has 0 bridgehead atoms. The van der Waals surface area contributed by atoms with Crippen LogP contribution >= 0.6 is 0 Å². The van der Waals surface area contributed by atoms with Gasteiger partial charge < -0.3 is 9.88 Å². The predicted octanol–water partition coefficient (Wildman–Crippen LogP) is 3.19. The average Bonchev–Trinajstić information content (AvgIpc) is 3.17. The van der Waals surface area contributed by atoms with E-state index < -0.39 is 0 Å². The van der Waals surface area contributed by atoms with Gasteiger partial charge in [0, 0.05) is 25.0 Å². The van der Waals surface area contributed by atoms with Crippen LogP contribution in [-0.4, -0.2) is 25.1 Å². The zero-order valence-corrected chi connectivity index (χ0v) is 16.7. The second kappa shape index (κ2) is 7.50. The van der Waals surface area contributed by atoms with Gasteiger partial charge in [-0.3, -0.25) is 14.6 Å². The first kappa shape index (κ1) is 18.9. The number of hydrogen-bond acceptors (Lipinski definition) is 4. The second-order valence-corrected chi connectivity index (χ2v) is 7.61. The van der Waals surface area contributed by atoms with Gasteiger partial charge in [-0.25, -0.2) is 4.52 Å². The summed E-state index contributed by atoms with van der Waals surface area (Å²) in [7, 11) is 0. The van der Waals surface area contributed by atoms with Crippen LogP contribution in [0.4, 0.5) is 0 Å². The van der Waals surface area contributed by atoms with Crippen LogP contribution in [0.3, 0.4) is 0 Å². The molecule has 3 aromatic heterocycles. The minimum Gasteiger partial charge on any atom is -0.344 e. The molecule has 0 radical (unpaired) electrons. The molecule has 0 aliphatic heterocycles. The molecule has 7 nitrogen and oxygen atoms in total. The first-order chi connectivity index (χ1) is 14.0. The first-order valence-corrected chi connectivity index (χ1v) is 9.68. The van der Waals surface area contributed by atoms with Gasteiger partial charge in [0.2, 0.25) is 0 Å². The van der Waals surface area contributed by atoms with E-state index >= 15 is 0 Å². The third kappa shape index (κ3) is 3.51. The highest BCUT2D eigenvalue weighted by atomic mass is 16.2. The Morgan fingerprint density at radius 2 is 1.83 bits per heavy atom. The Kier molecular flexibility index (Phi) is 4.88. The van der Waals surface area contributed by atoms with Crippen LogP contribution in [0.1, 0.15) is 42.9 Å². The maximum absolute atomic E-state index is 13.1. The molecule has 29 heavy (non-hydrogen) atoms. The van der Waals surface area contributed by atoms with Crippen molar-refractivity contribution in [1.29, 1.82) is 0 Å². The van der Waals surface area contributed by atoms with E-state index in [0.717, 1.165) is 16.6 Å². The molecule has 0 saturated carbocycles. The van der Waals surface area contributed by atoms with Crippen molar-refractivity contribution in [2.45, 2.75) is 33.4 Å². The average molecular weight is 389 g/mol. The van der Waals surface area contributed by atoms with E-state index in [0.29, 0.717) is 18.0 Å². The Labute approximate surface area is 168 Å². The number of rotatable bonds is 5. The van der Waals surface area contributed by atoms with Crippen LogP contribution in [0.2, 0.25) is 0 Å². The van der Waals surface area contributed by atoms with Gasteiger partial charge in [-0.2, -0.15) is 5.10 Å². The summed E-state index contributed by atoms with van der Waals surface area (Å²) in [5.74, 6) is -0.0199. The van der Waals surface area contributed by atoms with Gasteiger partial charge in [0.05, 0.1) is 17.1 Å². The zero-order chi connectivity index (χ0) is 20.5. The van der Waals surface area contributed by atoms with Crippen molar-refractivity contribution >= 4 is 22.5 Å². The summed E-state index contributed by atoms with van der Waals surface area (Å²) in [6.45, 7) is 6.62. The lowest BCUT2D eigenvalue weighted by Gasteiger charge is -2.13. The van der Waals surface area contributed by atoms with Crippen molar-refractivity contribution in [2.75, 3.05) is 0 Å². The Balaban J connectivity index is 1.78. The third-order valence-electron chi connectivity index (χ3n) is 4.89. The van der Waals surface area contributed by atoms with Crippen LogP contribution in [0, 0.1) is 5.92 Å². The van der Waals surface area contributed by atoms with Crippen molar-refractivity contribution in [3.63, 3.8) is 0 Å². The lowest BCUT2D eigenvalue weighted by atomic mass is 10.1. The minimum absolute atomic E-state index is 0.149. The lowest BCUT2D eigenvalue weighted by Crippen LogP contribution is -2.27. The summed E-state index contributed by atoms with van der Waals surface area (Å²) in [5, 5.41) is 7.37. The SMILES string of the molecule is CC(C)Cn1c(=O)c2cc(C(=O)N[C@H](C)c3cccnc3)nn2c2ccccc21. The van der Waals surface area contributed by atoms with Gasteiger partial charge in [-0.1, -0.05) is 32.0 Å². The van der Waals surface area contributed by atoms with Crippen molar-refractivity contribution in [1.82, 2.24) is 24.5 Å². The largest absolute Gasteiger partial charge is 0.344 e. The highest BCUT2D eigenvalue weighted by Gasteiger charge is 2.19. The molecular weight excluding hydrogens is 366 g/mol. The Hall–Kier alpha value is -3.48. The number of carbonyl (C=O) groups excluding carboxylic acids is 1. The number of aromatic nitrogens is 4. The monoisotopic (exact) mass is 389 g/mol. The van der Waals surface area contributed by atoms with Gasteiger partial charge in [-0.05, 0) is 36.6 Å². The number of fused-ring (bicyclic) bond motifs is 3. The van der Waals surface area contributed by atoms with Crippen LogP contribution in [0.15, 0.2) is 59.7 Å². The van der Waals surface area contributed by atoms with E-state index in [1.54, 1.807) is 27.5 Å². The maximum Gasteiger partial charge on any atom is 0.277 e. The first-order valence-electron chi connectivity index (χ1n) is 9.68. The van der Waals surface area contributed by atoms with E-state index in [4.69, 9.17) is 0 Å². The molecule has 0 spiro atoms. The van der Waals surface area contributed by atoms with Crippen molar-refractivity contribution in [2.24, 2.45) is 5.92 Å². The Morgan fingerprint density at radius 3 is 2.52 bits per heavy atom. The van der Waals surface area contributed by atoms with Gasteiger partial charge in [0.25, 0.3) is 11.5 Å². The fourth-order valence-corrected chi connectivity index (χ4v) is 3.48. The van der Waals surface area contributed by atoms with Crippen LogP contribution in [0.25, 0.3) is 16.6 Å². The number of para-hydroxylation sites is 2. The molecule has 0 aliphatic rings. The van der Waals surface area contributed by atoms with Crippen LogP contribution < -0.4 is 10.9 Å². The summed E-state index contributed by atoms with van der Waals surface area (Å²) >= 11 is 0. The van der Waals surface area contributed by atoms with Crippen LogP contribution in [0.5, 0.6) is 0 Å². The molecule has 1 N–H and O–H groups in total. The Bertz CT molecular complexity index is 1240. The molecule has 1 atom stereocenters. The van der Waals surface area contributed by atoms with E-state index in [9.17, 15) is 9.59 Å². The number of nitrogens with one attached hydrogen (secondary N) is 1. The molecular formula is C22H23N5O2. The zero-order valence-electron chi connectivity index (χ0n) is 16.7. The second-order valence-electron chi connectivity index (χ2n) is 7.61. The Morgan fingerprint density at radius 1 is 1.07 bits per heavy atom. The highest BCUT2D eigenvalue weighted by Crippen LogP contribution is 2.17. The van der Waals surface area contributed by atoms with Gasteiger partial charge in [0.1, 0.15) is 5.52 Å². The number of benzene rings is 1. The van der Waals surface area contributed by atoms with Crippen molar-refractivity contribution in [3.8, 4) is 0 Å². The van der Waals surface area contributed by atoms with Gasteiger partial charge in [-0.15, -0.1) is 0 Å². The predicted molar refractivity (Wildman–Crippen MR) is 112 cm³/mol. The van der Waals surface area contributed by atoms with E-state index in [-0.39, 0.29) is 23.2 Å². The number of pyridine rings is 1.